The molecule has 17 heavy (non-hydrogen) atoms. The van der Waals surface area contributed by atoms with E-state index in [1.165, 1.54) is 5.56 Å². The Morgan fingerprint density at radius 1 is 1.24 bits per heavy atom. The van der Waals surface area contributed by atoms with Crippen molar-refractivity contribution in [2.45, 2.75) is 32.3 Å². The topological polar surface area (TPSA) is 74.6 Å². The van der Waals surface area contributed by atoms with E-state index in [0.29, 0.717) is 6.26 Å². The van der Waals surface area contributed by atoms with E-state index in [0.717, 1.165) is 19.3 Å². The normalized spacial score (nSPS) is 12.5. The fourth-order valence-electron chi connectivity index (χ4n) is 1.25. The monoisotopic (exact) mass is 260 g/mol. The number of hydrogen-bond donors (Lipinski definition) is 2. The second kappa shape index (κ2) is 8.22. The van der Waals surface area contributed by atoms with Gasteiger partial charge in [0.15, 0.2) is 0 Å². The van der Waals surface area contributed by atoms with Gasteiger partial charge in [0.2, 0.25) is 0 Å². The summed E-state index contributed by atoms with van der Waals surface area (Å²) < 4.78 is 25.9. The zero-order chi connectivity index (χ0) is 13.3. The van der Waals surface area contributed by atoms with E-state index < -0.39 is 10.1 Å². The molecule has 1 aromatic carbocycles. The molecule has 0 saturated carbocycles. The first-order valence-corrected chi connectivity index (χ1v) is 7.28. The first-order valence-electron chi connectivity index (χ1n) is 5.43. The van der Waals surface area contributed by atoms with Crippen LogP contribution in [-0.2, 0) is 16.5 Å². The third kappa shape index (κ3) is 15.1. The van der Waals surface area contributed by atoms with Gasteiger partial charge in [0.25, 0.3) is 10.1 Å². The van der Waals surface area contributed by atoms with Crippen LogP contribution in [0.4, 0.5) is 0 Å². The molecule has 0 aliphatic heterocycles. The van der Waals surface area contributed by atoms with Crippen LogP contribution in [0.5, 0.6) is 0 Å². The van der Waals surface area contributed by atoms with E-state index in [1.807, 2.05) is 13.0 Å². The molecule has 2 N–H and O–H groups in total. The van der Waals surface area contributed by atoms with Crippen molar-refractivity contribution in [1.82, 2.24) is 0 Å². The lowest BCUT2D eigenvalue weighted by molar-refractivity contribution is 0.182. The number of aliphatic hydroxyl groups excluding tert-OH is 1. The molecule has 0 heterocycles. The van der Waals surface area contributed by atoms with Crippen molar-refractivity contribution in [2.75, 3.05) is 6.26 Å². The second-order valence-electron chi connectivity index (χ2n) is 3.96. The van der Waals surface area contributed by atoms with Crippen LogP contribution in [0.1, 0.15) is 25.3 Å². The van der Waals surface area contributed by atoms with Gasteiger partial charge in [-0.05, 0) is 31.7 Å². The summed E-state index contributed by atoms with van der Waals surface area (Å²) in [5, 5.41) is 9.03. The van der Waals surface area contributed by atoms with Gasteiger partial charge < -0.3 is 5.11 Å². The van der Waals surface area contributed by atoms with Gasteiger partial charge in [0, 0.05) is 0 Å². The number of aliphatic hydroxyl groups is 1. The molecule has 0 aliphatic rings. The van der Waals surface area contributed by atoms with Crippen LogP contribution < -0.4 is 0 Å². The molecule has 98 valence electrons. The minimum Gasteiger partial charge on any atom is -0.393 e. The zero-order valence-electron chi connectivity index (χ0n) is 10.2. The fraction of sp³-hybridized carbons (Fsp3) is 0.500. The maximum absolute atomic E-state index is 9.19. The van der Waals surface area contributed by atoms with Crippen LogP contribution >= 0.6 is 0 Å². The Bertz CT molecular complexity index is 376. The smallest absolute Gasteiger partial charge is 0.261 e. The van der Waals surface area contributed by atoms with E-state index in [4.69, 9.17) is 9.66 Å². The van der Waals surface area contributed by atoms with Crippen molar-refractivity contribution in [2.24, 2.45) is 0 Å². The first kappa shape index (κ1) is 16.1. The van der Waals surface area contributed by atoms with Crippen LogP contribution in [-0.4, -0.2) is 30.4 Å². The van der Waals surface area contributed by atoms with Crippen molar-refractivity contribution in [1.29, 1.82) is 0 Å². The maximum atomic E-state index is 9.19. The van der Waals surface area contributed by atoms with Gasteiger partial charge in [-0.3, -0.25) is 4.55 Å². The SMILES string of the molecule is CC(O)CCCc1ccccc1.CS(=O)(=O)O. The summed E-state index contributed by atoms with van der Waals surface area (Å²) in [7, 11) is -3.67. The lowest BCUT2D eigenvalue weighted by Gasteiger charge is -2.03. The largest absolute Gasteiger partial charge is 0.393 e. The molecular weight excluding hydrogens is 240 g/mol. The summed E-state index contributed by atoms with van der Waals surface area (Å²) in [6.07, 6.45) is 3.60. The van der Waals surface area contributed by atoms with Gasteiger partial charge in [-0.1, -0.05) is 30.3 Å². The highest BCUT2D eigenvalue weighted by Gasteiger charge is 1.95. The average Bonchev–Trinajstić information content (AvgIpc) is 2.16. The van der Waals surface area contributed by atoms with Gasteiger partial charge in [-0.15, -0.1) is 0 Å². The zero-order valence-corrected chi connectivity index (χ0v) is 11.0. The van der Waals surface area contributed by atoms with Crippen LogP contribution in [0.2, 0.25) is 0 Å². The van der Waals surface area contributed by atoms with E-state index in [2.05, 4.69) is 24.3 Å². The molecule has 1 aromatic rings. The molecule has 5 heteroatoms. The van der Waals surface area contributed by atoms with Crippen molar-refractivity contribution in [3.8, 4) is 0 Å². The third-order valence-corrected chi connectivity index (χ3v) is 1.93. The van der Waals surface area contributed by atoms with Gasteiger partial charge in [-0.2, -0.15) is 8.42 Å². The molecule has 0 radical (unpaired) electrons. The van der Waals surface area contributed by atoms with E-state index in [-0.39, 0.29) is 6.10 Å². The molecule has 0 spiro atoms. The minimum atomic E-state index is -3.67. The van der Waals surface area contributed by atoms with Crippen molar-refractivity contribution in [3.05, 3.63) is 35.9 Å². The molecule has 1 rings (SSSR count). The van der Waals surface area contributed by atoms with Crippen LogP contribution in [0.3, 0.4) is 0 Å². The van der Waals surface area contributed by atoms with E-state index in [9.17, 15) is 8.42 Å². The number of hydrogen-bond acceptors (Lipinski definition) is 3. The van der Waals surface area contributed by atoms with Crippen LogP contribution in [0, 0.1) is 0 Å². The highest BCUT2D eigenvalue weighted by molar-refractivity contribution is 7.85. The number of aryl methyl sites for hydroxylation is 1. The molecule has 0 saturated heterocycles. The molecule has 0 amide bonds. The molecule has 0 aliphatic carbocycles. The Labute approximate surface area is 103 Å². The summed E-state index contributed by atoms with van der Waals surface area (Å²) in [5.74, 6) is 0. The predicted molar refractivity (Wildman–Crippen MR) is 68.5 cm³/mol. The molecule has 0 fully saturated rings. The number of benzene rings is 1. The molecule has 1 unspecified atom stereocenters. The Kier molecular flexibility index (Phi) is 7.78. The summed E-state index contributed by atoms with van der Waals surface area (Å²) in [4.78, 5) is 0. The van der Waals surface area contributed by atoms with E-state index >= 15 is 0 Å². The lowest BCUT2D eigenvalue weighted by atomic mass is 10.1. The maximum Gasteiger partial charge on any atom is 0.261 e. The quantitative estimate of drug-likeness (QED) is 0.811. The van der Waals surface area contributed by atoms with E-state index in [1.54, 1.807) is 0 Å². The average molecular weight is 260 g/mol. The van der Waals surface area contributed by atoms with Crippen molar-refractivity contribution >= 4 is 10.1 Å². The highest BCUT2D eigenvalue weighted by atomic mass is 32.2. The molecule has 0 aromatic heterocycles. The fourth-order valence-corrected chi connectivity index (χ4v) is 1.25. The van der Waals surface area contributed by atoms with Gasteiger partial charge in [0.05, 0.1) is 12.4 Å². The summed E-state index contributed by atoms with van der Waals surface area (Å²) in [5.41, 5.74) is 1.36. The minimum absolute atomic E-state index is 0.159. The molecular formula is C12H20O4S. The predicted octanol–water partition coefficient (Wildman–Crippen LogP) is 1.89. The van der Waals surface area contributed by atoms with Gasteiger partial charge in [-0.25, -0.2) is 0 Å². The Hall–Kier alpha value is -0.910. The highest BCUT2D eigenvalue weighted by Crippen LogP contribution is 2.05. The standard InChI is InChI=1S/C11H16O.CH4O3S/c1-10(12)6-5-9-11-7-3-2-4-8-11;1-5(2,3)4/h2-4,7-8,10,12H,5-6,9H2,1H3;1H3,(H,2,3,4). The summed E-state index contributed by atoms with van der Waals surface area (Å²) in [6, 6.07) is 10.4. The molecule has 0 bridgehead atoms. The Balaban J connectivity index is 0.000000437. The first-order chi connectivity index (χ1) is 7.79. The van der Waals surface area contributed by atoms with Crippen molar-refractivity contribution in [3.63, 3.8) is 0 Å². The summed E-state index contributed by atoms with van der Waals surface area (Å²) in [6.45, 7) is 1.84. The third-order valence-electron chi connectivity index (χ3n) is 1.93. The Morgan fingerprint density at radius 2 is 1.71 bits per heavy atom. The molecule has 4 nitrogen and oxygen atoms in total. The molecule has 1 atom stereocenters. The Morgan fingerprint density at radius 3 is 2.12 bits per heavy atom. The van der Waals surface area contributed by atoms with Crippen LogP contribution in [0.25, 0.3) is 0 Å². The second-order valence-corrected chi connectivity index (χ2v) is 5.43. The van der Waals surface area contributed by atoms with Gasteiger partial charge in [0.1, 0.15) is 0 Å². The summed E-state index contributed by atoms with van der Waals surface area (Å²) >= 11 is 0. The van der Waals surface area contributed by atoms with Crippen molar-refractivity contribution < 1.29 is 18.1 Å². The lowest BCUT2D eigenvalue weighted by Crippen LogP contribution is -1.99. The van der Waals surface area contributed by atoms with Gasteiger partial charge >= 0.3 is 0 Å². The number of rotatable bonds is 4. The van der Waals surface area contributed by atoms with Crippen LogP contribution in [0.15, 0.2) is 30.3 Å².